The highest BCUT2D eigenvalue weighted by atomic mass is 16.4. The number of pyridine rings is 1. The normalized spacial score (nSPS) is 22.0. The van der Waals surface area contributed by atoms with Gasteiger partial charge < -0.3 is 14.8 Å². The van der Waals surface area contributed by atoms with Crippen LogP contribution in [0.2, 0.25) is 0 Å². The van der Waals surface area contributed by atoms with Crippen LogP contribution in [0.5, 0.6) is 0 Å². The van der Waals surface area contributed by atoms with Crippen LogP contribution >= 0.6 is 0 Å². The highest BCUT2D eigenvalue weighted by Gasteiger charge is 2.29. The Labute approximate surface area is 143 Å². The van der Waals surface area contributed by atoms with Crippen molar-refractivity contribution in [2.45, 2.75) is 52.5 Å². The number of quaternary nitrogens is 1. The summed E-state index contributed by atoms with van der Waals surface area (Å²) >= 11 is 0. The van der Waals surface area contributed by atoms with Crippen molar-refractivity contribution in [1.82, 2.24) is 9.38 Å². The summed E-state index contributed by atoms with van der Waals surface area (Å²) in [4.78, 5) is 17.4. The molecule has 1 aliphatic rings. The van der Waals surface area contributed by atoms with E-state index in [0.29, 0.717) is 12.8 Å². The van der Waals surface area contributed by atoms with Crippen molar-refractivity contribution >= 4 is 11.6 Å². The van der Waals surface area contributed by atoms with Crippen molar-refractivity contribution in [3.8, 4) is 0 Å². The third kappa shape index (κ3) is 3.18. The Kier molecular flexibility index (Phi) is 4.38. The maximum atomic E-state index is 11.0. The Hall–Kier alpha value is -1.88. The number of carbonyl (C=O) groups is 1. The number of likely N-dealkylation sites (tertiary alicyclic amines) is 1. The second kappa shape index (κ2) is 6.20. The lowest BCUT2D eigenvalue weighted by molar-refractivity contribution is -0.919. The maximum Gasteiger partial charge on any atom is 0.137 e. The first-order chi connectivity index (χ1) is 11.3. The van der Waals surface area contributed by atoms with E-state index in [1.54, 1.807) is 0 Å². The van der Waals surface area contributed by atoms with Gasteiger partial charge in [-0.1, -0.05) is 26.8 Å². The first kappa shape index (κ1) is 17.0. The molecule has 130 valence electrons. The van der Waals surface area contributed by atoms with Crippen LogP contribution in [-0.2, 0) is 16.8 Å². The number of nitrogens with zero attached hydrogens (tertiary/aromatic N) is 2. The molecule has 0 atom stereocenters. The Morgan fingerprint density at radius 1 is 1.33 bits per heavy atom. The fourth-order valence-corrected chi connectivity index (χ4v) is 3.77. The number of hydrogen-bond acceptors (Lipinski definition) is 3. The molecule has 1 fully saturated rings. The summed E-state index contributed by atoms with van der Waals surface area (Å²) in [6, 6.07) is 6.22. The minimum absolute atomic E-state index is 0.0173. The van der Waals surface area contributed by atoms with E-state index in [2.05, 4.69) is 44.2 Å². The summed E-state index contributed by atoms with van der Waals surface area (Å²) in [6.07, 6.45) is 1.41. The van der Waals surface area contributed by atoms with Crippen molar-refractivity contribution in [2.75, 3.05) is 13.1 Å². The van der Waals surface area contributed by atoms with Crippen molar-refractivity contribution in [3.63, 3.8) is 0 Å². The lowest BCUT2D eigenvalue weighted by Crippen LogP contribution is -3.12. The highest BCUT2D eigenvalue weighted by molar-refractivity contribution is 5.67. The maximum absolute atomic E-state index is 11.0. The largest absolute Gasteiger partial charge is 0.550 e. The molecule has 0 amide bonds. The number of carboxylic acids is 1. The van der Waals surface area contributed by atoms with Gasteiger partial charge in [0.25, 0.3) is 0 Å². The smallest absolute Gasteiger partial charge is 0.137 e. The van der Waals surface area contributed by atoms with Crippen LogP contribution in [0.3, 0.4) is 0 Å². The van der Waals surface area contributed by atoms with Gasteiger partial charge in [0.2, 0.25) is 0 Å². The van der Waals surface area contributed by atoms with E-state index in [9.17, 15) is 9.90 Å². The van der Waals surface area contributed by atoms with E-state index >= 15 is 0 Å². The molecule has 0 radical (unpaired) electrons. The van der Waals surface area contributed by atoms with E-state index in [0.717, 1.165) is 31.0 Å². The average molecular weight is 329 g/mol. The van der Waals surface area contributed by atoms with E-state index in [1.807, 2.05) is 6.07 Å². The van der Waals surface area contributed by atoms with Crippen LogP contribution in [0, 0.1) is 12.8 Å². The minimum atomic E-state index is -0.893. The van der Waals surface area contributed by atoms with Crippen molar-refractivity contribution < 1.29 is 14.8 Å². The molecule has 1 N–H and O–H groups in total. The molecule has 3 heterocycles. The zero-order valence-electron chi connectivity index (χ0n) is 15.1. The second-order valence-corrected chi connectivity index (χ2v) is 8.04. The van der Waals surface area contributed by atoms with Gasteiger partial charge in [-0.05, 0) is 19.1 Å². The third-order valence-electron chi connectivity index (χ3n) is 5.09. The molecule has 0 spiro atoms. The monoisotopic (exact) mass is 329 g/mol. The predicted molar refractivity (Wildman–Crippen MR) is 90.8 cm³/mol. The minimum Gasteiger partial charge on any atom is -0.550 e. The van der Waals surface area contributed by atoms with Crippen LogP contribution in [0.15, 0.2) is 18.2 Å². The van der Waals surface area contributed by atoms with Crippen LogP contribution in [0.25, 0.3) is 5.65 Å². The predicted octanol–water partition coefficient (Wildman–Crippen LogP) is 0.485. The van der Waals surface area contributed by atoms with Gasteiger partial charge in [-0.3, -0.25) is 4.40 Å². The van der Waals surface area contributed by atoms with Crippen LogP contribution in [-0.4, -0.2) is 28.4 Å². The summed E-state index contributed by atoms with van der Waals surface area (Å²) in [5.74, 6) is -1.17. The molecular formula is C19H27N3O2. The van der Waals surface area contributed by atoms with Gasteiger partial charge in [-0.25, -0.2) is 4.98 Å². The molecule has 1 aliphatic heterocycles. The van der Waals surface area contributed by atoms with Gasteiger partial charge in [0, 0.05) is 35.8 Å². The van der Waals surface area contributed by atoms with E-state index in [-0.39, 0.29) is 11.3 Å². The number of piperidine rings is 1. The van der Waals surface area contributed by atoms with Gasteiger partial charge >= 0.3 is 0 Å². The molecular weight excluding hydrogens is 302 g/mol. The molecule has 2 aromatic rings. The molecule has 0 bridgehead atoms. The van der Waals surface area contributed by atoms with E-state index in [1.165, 1.54) is 16.3 Å². The molecule has 2 aromatic heterocycles. The second-order valence-electron chi connectivity index (χ2n) is 8.04. The van der Waals surface area contributed by atoms with E-state index in [4.69, 9.17) is 4.98 Å². The fourth-order valence-electron chi connectivity index (χ4n) is 3.77. The number of carboxylic acid groups (broad SMARTS) is 1. The van der Waals surface area contributed by atoms with Crippen molar-refractivity contribution in [2.24, 2.45) is 5.92 Å². The molecule has 3 rings (SSSR count). The van der Waals surface area contributed by atoms with Gasteiger partial charge in [0.05, 0.1) is 18.8 Å². The molecule has 1 saturated heterocycles. The summed E-state index contributed by atoms with van der Waals surface area (Å²) in [5, 5.41) is 11.0. The van der Waals surface area contributed by atoms with Crippen LogP contribution in [0.4, 0.5) is 0 Å². The molecule has 0 aliphatic carbocycles. The molecule has 24 heavy (non-hydrogen) atoms. The van der Waals surface area contributed by atoms with Crippen LogP contribution < -0.4 is 10.0 Å². The molecule has 0 unspecified atom stereocenters. The first-order valence-electron chi connectivity index (χ1n) is 8.79. The first-order valence-corrected chi connectivity index (χ1v) is 8.79. The van der Waals surface area contributed by atoms with Crippen LogP contribution in [0.1, 0.15) is 50.7 Å². The number of rotatable bonds is 3. The number of aryl methyl sites for hydroxylation is 1. The topological polar surface area (TPSA) is 61.9 Å². The summed E-state index contributed by atoms with van der Waals surface area (Å²) in [6.45, 7) is 11.4. The number of nitrogens with one attached hydrogen (secondary N) is 1. The van der Waals surface area contributed by atoms with Gasteiger partial charge in [-0.2, -0.15) is 0 Å². The summed E-state index contributed by atoms with van der Waals surface area (Å²) in [7, 11) is 0. The zero-order chi connectivity index (χ0) is 17.5. The highest BCUT2D eigenvalue weighted by Crippen LogP contribution is 2.27. The number of hydrogen-bond donors (Lipinski definition) is 1. The van der Waals surface area contributed by atoms with Gasteiger partial charge in [0.15, 0.2) is 0 Å². The van der Waals surface area contributed by atoms with Crippen molar-refractivity contribution in [1.29, 1.82) is 0 Å². The number of fused-ring (bicyclic) bond motifs is 1. The molecule has 5 heteroatoms. The summed E-state index contributed by atoms with van der Waals surface area (Å²) in [5.41, 5.74) is 4.58. The average Bonchev–Trinajstić information content (AvgIpc) is 2.88. The van der Waals surface area contributed by atoms with Gasteiger partial charge in [0.1, 0.15) is 17.9 Å². The summed E-state index contributed by atoms with van der Waals surface area (Å²) < 4.78 is 2.26. The molecule has 5 nitrogen and oxygen atoms in total. The number of carbonyl (C=O) groups excluding carboxylic acids is 1. The Bertz CT molecular complexity index is 750. The van der Waals surface area contributed by atoms with Gasteiger partial charge in [-0.15, -0.1) is 0 Å². The molecule has 0 saturated carbocycles. The lowest BCUT2D eigenvalue weighted by Gasteiger charge is -2.30. The van der Waals surface area contributed by atoms with E-state index < -0.39 is 5.97 Å². The molecule has 0 aromatic carbocycles. The van der Waals surface area contributed by atoms with Crippen molar-refractivity contribution in [3.05, 3.63) is 35.3 Å². The third-order valence-corrected chi connectivity index (χ3v) is 5.09. The number of imidazole rings is 1. The number of aliphatic carboxylic acids is 1. The zero-order valence-corrected chi connectivity index (χ0v) is 15.1. The standard InChI is InChI=1S/C19H27N3O2/c1-13-6-5-7-16-20-17(19(2,3)4)15(22(13)16)12-21-10-8-14(9-11-21)18(23)24/h5-7,14H,8-12H2,1-4H3,(H,23,24). The number of aromatic nitrogens is 2. The Balaban J connectivity index is 1.92. The SMILES string of the molecule is Cc1cccc2nc(C(C)(C)C)c(C[NH+]3CCC(C(=O)[O-])CC3)n12. The fraction of sp³-hybridized carbons (Fsp3) is 0.579. The Morgan fingerprint density at radius 3 is 2.58 bits per heavy atom. The quantitative estimate of drug-likeness (QED) is 0.891. The Morgan fingerprint density at radius 2 is 2.00 bits per heavy atom. The lowest BCUT2D eigenvalue weighted by atomic mass is 9.90.